The van der Waals surface area contributed by atoms with Crippen molar-refractivity contribution in [3.05, 3.63) is 58.4 Å². The van der Waals surface area contributed by atoms with Crippen molar-refractivity contribution < 1.29 is 9.90 Å². The highest BCUT2D eigenvalue weighted by atomic mass is 35.5. The molecule has 0 radical (unpaired) electrons. The number of aldehydes is 1. The maximum Gasteiger partial charge on any atom is 0.116 e. The maximum absolute atomic E-state index is 9.71. The largest absolute Gasteiger partial charge is 0.513 e. The number of halogens is 1. The molecule has 26 heavy (non-hydrogen) atoms. The lowest BCUT2D eigenvalue weighted by atomic mass is 9.92. The van der Waals surface area contributed by atoms with Crippen LogP contribution < -0.4 is 0 Å². The number of alkyl halides is 1. The molecule has 1 unspecified atom stereocenters. The third-order valence-electron chi connectivity index (χ3n) is 5.09. The first-order valence-electron chi connectivity index (χ1n) is 9.04. The second kappa shape index (κ2) is 10.4. The highest BCUT2D eigenvalue weighted by molar-refractivity contribution is 6.15. The third kappa shape index (κ3) is 5.35. The van der Waals surface area contributed by atoms with Gasteiger partial charge in [-0.1, -0.05) is 36.9 Å². The lowest BCUT2D eigenvalue weighted by Crippen LogP contribution is -2.01. The smallest absolute Gasteiger partial charge is 0.116 e. The molecule has 2 aliphatic carbocycles. The number of aliphatic hydroxyl groups excluding tert-OH is 1. The molecule has 142 valence electrons. The Balaban J connectivity index is 0.000000615. The molecule has 0 aliphatic heterocycles. The zero-order chi connectivity index (χ0) is 19.9. The number of benzene rings is 1. The van der Waals surface area contributed by atoms with Crippen molar-refractivity contribution in [3.8, 4) is 0 Å². The predicted molar refractivity (Wildman–Crippen MR) is 114 cm³/mol. The van der Waals surface area contributed by atoms with E-state index in [-0.39, 0.29) is 5.92 Å². The van der Waals surface area contributed by atoms with Crippen LogP contribution in [0.5, 0.6) is 0 Å². The maximum atomic E-state index is 9.71. The van der Waals surface area contributed by atoms with Crippen molar-refractivity contribution >= 4 is 30.0 Å². The summed E-state index contributed by atoms with van der Waals surface area (Å²) in [4.78, 5) is 8.81. The third-order valence-corrected chi connectivity index (χ3v) is 5.09. The molecule has 1 saturated carbocycles. The van der Waals surface area contributed by atoms with E-state index in [2.05, 4.69) is 50.7 Å². The molecular formula is C23H31ClO2. The molecule has 1 fully saturated rings. The number of carbonyl (C=O) groups excluding carboxylic acids is 1. The van der Waals surface area contributed by atoms with Gasteiger partial charge in [-0.3, -0.25) is 0 Å². The van der Waals surface area contributed by atoms with Gasteiger partial charge in [-0.25, -0.2) is 0 Å². The van der Waals surface area contributed by atoms with Gasteiger partial charge in [-0.2, -0.15) is 0 Å². The Morgan fingerprint density at radius 3 is 2.31 bits per heavy atom. The quantitative estimate of drug-likeness (QED) is 0.381. The first-order valence-corrected chi connectivity index (χ1v) is 9.79. The Bertz CT molecular complexity index is 697. The Morgan fingerprint density at radius 2 is 1.85 bits per heavy atom. The van der Waals surface area contributed by atoms with E-state index in [4.69, 9.17) is 4.79 Å². The highest BCUT2D eigenvalue weighted by Gasteiger charge is 2.27. The number of hydrogen-bond donors (Lipinski definition) is 1. The summed E-state index contributed by atoms with van der Waals surface area (Å²) in [7, 11) is 0. The number of rotatable bonds is 4. The fraction of sp³-hybridized carbons (Fsp3) is 0.435. The van der Waals surface area contributed by atoms with Crippen molar-refractivity contribution in [3.63, 3.8) is 0 Å². The second-order valence-electron chi connectivity index (χ2n) is 6.84. The Morgan fingerprint density at radius 1 is 1.27 bits per heavy atom. The van der Waals surface area contributed by atoms with Crippen LogP contribution in [0.1, 0.15) is 54.5 Å². The summed E-state index contributed by atoms with van der Waals surface area (Å²) in [5.41, 5.74) is 8.13. The molecule has 0 saturated heterocycles. The van der Waals surface area contributed by atoms with E-state index >= 15 is 0 Å². The minimum absolute atomic E-state index is 0.181. The van der Waals surface area contributed by atoms with Crippen LogP contribution in [-0.4, -0.2) is 17.8 Å². The SMILES string of the molecule is C=Cc1cc2c(c(C)c1/C=C(\C)C1CC1)CC(C(=C)O)C2.CC=O.CCl. The average molecular weight is 375 g/mol. The predicted octanol–water partition coefficient (Wildman–Crippen LogP) is 6.30. The summed E-state index contributed by atoms with van der Waals surface area (Å²) in [6.07, 6.45) is 11.0. The van der Waals surface area contributed by atoms with Gasteiger partial charge in [-0.05, 0) is 80.2 Å². The van der Waals surface area contributed by atoms with Gasteiger partial charge < -0.3 is 9.90 Å². The molecule has 1 aromatic rings. The van der Waals surface area contributed by atoms with Crippen LogP contribution in [0.15, 0.2) is 30.6 Å². The van der Waals surface area contributed by atoms with Gasteiger partial charge in [-0.15, -0.1) is 11.6 Å². The molecule has 1 N–H and O–H groups in total. The molecule has 3 rings (SSSR count). The van der Waals surface area contributed by atoms with Crippen LogP contribution in [0.3, 0.4) is 0 Å². The van der Waals surface area contributed by atoms with Gasteiger partial charge in [0.15, 0.2) is 0 Å². The van der Waals surface area contributed by atoms with E-state index in [0.717, 1.165) is 25.0 Å². The van der Waals surface area contributed by atoms with Crippen LogP contribution in [0.2, 0.25) is 0 Å². The minimum atomic E-state index is 0.181. The first kappa shape index (κ1) is 22.2. The van der Waals surface area contributed by atoms with Gasteiger partial charge in [0.05, 0.1) is 5.76 Å². The van der Waals surface area contributed by atoms with Crippen molar-refractivity contribution in [1.82, 2.24) is 0 Å². The number of aliphatic hydroxyl groups is 1. The fourth-order valence-electron chi connectivity index (χ4n) is 3.50. The van der Waals surface area contributed by atoms with Gasteiger partial charge in [0, 0.05) is 12.3 Å². The monoisotopic (exact) mass is 374 g/mol. The molecule has 0 aromatic heterocycles. The van der Waals surface area contributed by atoms with Crippen molar-refractivity contribution in [2.45, 2.75) is 46.5 Å². The molecule has 2 aliphatic rings. The Kier molecular flexibility index (Phi) is 8.87. The normalized spacial score (nSPS) is 17.9. The fourth-order valence-corrected chi connectivity index (χ4v) is 3.50. The molecular weight excluding hydrogens is 344 g/mol. The van der Waals surface area contributed by atoms with Gasteiger partial charge in [0.1, 0.15) is 6.29 Å². The zero-order valence-electron chi connectivity index (χ0n) is 16.4. The standard InChI is InChI=1S/C20H24O.C2H4O.CH3Cl/c1-5-15-9-18-10-17(14(4)21)11-20(18)13(3)19(15)8-12(2)16-6-7-16;1-2-3;1-2/h5,8-9,16-17,21H,1,4,6-7,10-11H2,2-3H3;2H,1H3;1H3/b12-8+;;. The van der Waals surface area contributed by atoms with Crippen LogP contribution in [0, 0.1) is 18.8 Å². The molecule has 3 heteroatoms. The minimum Gasteiger partial charge on any atom is -0.513 e. The lowest BCUT2D eigenvalue weighted by molar-refractivity contribution is -0.106. The Hall–Kier alpha value is -1.80. The first-order chi connectivity index (χ1) is 12.4. The summed E-state index contributed by atoms with van der Waals surface area (Å²) in [5, 5.41) is 9.71. The molecule has 0 spiro atoms. The van der Waals surface area contributed by atoms with Crippen LogP contribution in [0.25, 0.3) is 12.2 Å². The van der Waals surface area contributed by atoms with E-state index in [9.17, 15) is 5.11 Å². The molecule has 0 heterocycles. The van der Waals surface area contributed by atoms with Crippen LogP contribution in [0.4, 0.5) is 0 Å². The number of fused-ring (bicyclic) bond motifs is 1. The second-order valence-corrected chi connectivity index (χ2v) is 6.84. The molecule has 1 aromatic carbocycles. The van der Waals surface area contributed by atoms with E-state index in [1.54, 1.807) is 0 Å². The van der Waals surface area contributed by atoms with Crippen molar-refractivity contribution in [2.75, 3.05) is 6.38 Å². The lowest BCUT2D eigenvalue weighted by Gasteiger charge is -2.13. The number of carbonyl (C=O) groups is 1. The number of hydrogen-bond acceptors (Lipinski definition) is 2. The highest BCUT2D eigenvalue weighted by Crippen LogP contribution is 2.40. The zero-order valence-corrected chi connectivity index (χ0v) is 17.2. The van der Waals surface area contributed by atoms with Gasteiger partial charge in [0.25, 0.3) is 0 Å². The molecule has 0 amide bonds. The van der Waals surface area contributed by atoms with E-state index in [0.29, 0.717) is 5.76 Å². The van der Waals surface area contributed by atoms with E-state index in [1.165, 1.54) is 59.5 Å². The Labute approximate surface area is 163 Å². The van der Waals surface area contributed by atoms with Crippen LogP contribution in [-0.2, 0) is 17.6 Å². The molecule has 0 bridgehead atoms. The van der Waals surface area contributed by atoms with Crippen molar-refractivity contribution in [1.29, 1.82) is 0 Å². The topological polar surface area (TPSA) is 37.3 Å². The summed E-state index contributed by atoms with van der Waals surface area (Å²) < 4.78 is 0. The summed E-state index contributed by atoms with van der Waals surface area (Å²) in [6.45, 7) is 13.6. The summed E-state index contributed by atoms with van der Waals surface area (Å²) >= 11 is 4.64. The summed E-state index contributed by atoms with van der Waals surface area (Å²) in [6, 6.07) is 2.25. The van der Waals surface area contributed by atoms with Crippen LogP contribution >= 0.6 is 11.6 Å². The average Bonchev–Trinajstić information content (AvgIpc) is 3.38. The van der Waals surface area contributed by atoms with Gasteiger partial charge >= 0.3 is 0 Å². The van der Waals surface area contributed by atoms with E-state index < -0.39 is 0 Å². The molecule has 2 nitrogen and oxygen atoms in total. The van der Waals surface area contributed by atoms with Crippen molar-refractivity contribution in [2.24, 2.45) is 11.8 Å². The summed E-state index contributed by atoms with van der Waals surface area (Å²) in [5.74, 6) is 1.29. The molecule has 1 atom stereocenters. The van der Waals surface area contributed by atoms with Gasteiger partial charge in [0.2, 0.25) is 0 Å². The number of allylic oxidation sites excluding steroid dienone is 2. The van der Waals surface area contributed by atoms with E-state index in [1.807, 2.05) is 6.08 Å².